The van der Waals surface area contributed by atoms with Crippen LogP contribution in [0.2, 0.25) is 10.0 Å². The van der Waals surface area contributed by atoms with Crippen LogP contribution in [0.15, 0.2) is 16.6 Å². The lowest BCUT2D eigenvalue weighted by molar-refractivity contribution is 0.716. The molecular formula is C11H11BrCl2N4. The van der Waals surface area contributed by atoms with Gasteiger partial charge in [0.1, 0.15) is 5.69 Å². The number of rotatable bonds is 2. The van der Waals surface area contributed by atoms with Gasteiger partial charge in [0.2, 0.25) is 0 Å². The normalized spacial score (nSPS) is 11.2. The van der Waals surface area contributed by atoms with E-state index in [0.29, 0.717) is 21.6 Å². The second kappa shape index (κ2) is 5.07. The van der Waals surface area contributed by atoms with Crippen LogP contribution in [0.4, 0.5) is 5.82 Å². The standard InChI is InChI=1S/C11H11BrCl2N4/c1-5(2)9-11(15)16-17-18(9)10-7(13)3-6(12)4-8(10)14/h3-5H,15H2,1-2H3. The van der Waals surface area contributed by atoms with Crippen molar-refractivity contribution in [3.63, 3.8) is 0 Å². The summed E-state index contributed by atoms with van der Waals surface area (Å²) in [6, 6.07) is 3.51. The molecule has 2 aromatic rings. The molecule has 2 N–H and O–H groups in total. The van der Waals surface area contributed by atoms with Gasteiger partial charge >= 0.3 is 0 Å². The second-order valence-corrected chi connectivity index (χ2v) is 5.87. The number of hydrogen-bond acceptors (Lipinski definition) is 3. The van der Waals surface area contributed by atoms with Crippen molar-refractivity contribution in [3.05, 3.63) is 32.3 Å². The van der Waals surface area contributed by atoms with Crippen LogP contribution in [0.1, 0.15) is 25.5 Å². The van der Waals surface area contributed by atoms with Gasteiger partial charge in [0.15, 0.2) is 5.82 Å². The van der Waals surface area contributed by atoms with Crippen LogP contribution in [-0.2, 0) is 0 Å². The van der Waals surface area contributed by atoms with E-state index in [9.17, 15) is 0 Å². The van der Waals surface area contributed by atoms with Crippen molar-refractivity contribution in [2.24, 2.45) is 0 Å². The number of anilines is 1. The lowest BCUT2D eigenvalue weighted by atomic mass is 10.1. The van der Waals surface area contributed by atoms with Gasteiger partial charge in [-0.25, -0.2) is 4.68 Å². The SMILES string of the molecule is CC(C)c1c(N)nnn1-c1c(Cl)cc(Br)cc1Cl. The Morgan fingerprint density at radius 1 is 1.28 bits per heavy atom. The molecule has 0 saturated heterocycles. The van der Waals surface area contributed by atoms with Gasteiger partial charge < -0.3 is 5.73 Å². The summed E-state index contributed by atoms with van der Waals surface area (Å²) in [5, 5.41) is 8.87. The number of nitrogen functional groups attached to an aromatic ring is 1. The zero-order valence-electron chi connectivity index (χ0n) is 9.78. The maximum absolute atomic E-state index is 6.21. The third kappa shape index (κ3) is 2.35. The van der Waals surface area contributed by atoms with Crippen molar-refractivity contribution in [1.29, 1.82) is 0 Å². The number of hydrogen-bond donors (Lipinski definition) is 1. The fourth-order valence-corrected chi connectivity index (χ4v) is 3.11. The van der Waals surface area contributed by atoms with Gasteiger partial charge in [-0.15, -0.1) is 5.10 Å². The highest BCUT2D eigenvalue weighted by atomic mass is 79.9. The first-order chi connectivity index (χ1) is 8.41. The molecule has 0 aliphatic heterocycles. The second-order valence-electron chi connectivity index (χ2n) is 4.14. The minimum atomic E-state index is 0.163. The fourth-order valence-electron chi connectivity index (χ4n) is 1.74. The molecule has 0 atom stereocenters. The lowest BCUT2D eigenvalue weighted by Crippen LogP contribution is -2.06. The topological polar surface area (TPSA) is 56.7 Å². The monoisotopic (exact) mass is 348 g/mol. The number of nitrogens with two attached hydrogens (primary N) is 1. The molecule has 1 aromatic heterocycles. The van der Waals surface area contributed by atoms with E-state index in [0.717, 1.165) is 10.2 Å². The van der Waals surface area contributed by atoms with Crippen molar-refractivity contribution >= 4 is 44.9 Å². The summed E-state index contributed by atoms with van der Waals surface area (Å²) in [5.41, 5.74) is 7.20. The van der Waals surface area contributed by atoms with Gasteiger partial charge in [-0.1, -0.05) is 58.2 Å². The van der Waals surface area contributed by atoms with Gasteiger partial charge in [0.25, 0.3) is 0 Å². The van der Waals surface area contributed by atoms with Gasteiger partial charge in [-0.05, 0) is 18.1 Å². The Bertz CT molecular complexity index is 572. The predicted molar refractivity (Wildman–Crippen MR) is 77.6 cm³/mol. The highest BCUT2D eigenvalue weighted by Gasteiger charge is 2.19. The van der Waals surface area contributed by atoms with Gasteiger partial charge in [0, 0.05) is 4.47 Å². The van der Waals surface area contributed by atoms with E-state index in [2.05, 4.69) is 26.2 Å². The van der Waals surface area contributed by atoms with E-state index in [-0.39, 0.29) is 5.92 Å². The molecule has 18 heavy (non-hydrogen) atoms. The zero-order chi connectivity index (χ0) is 13.4. The zero-order valence-corrected chi connectivity index (χ0v) is 12.9. The molecule has 0 amide bonds. The number of benzene rings is 1. The van der Waals surface area contributed by atoms with Crippen LogP contribution < -0.4 is 5.73 Å². The van der Waals surface area contributed by atoms with Crippen molar-refractivity contribution in [1.82, 2.24) is 15.0 Å². The van der Waals surface area contributed by atoms with Gasteiger partial charge in [-0.3, -0.25) is 0 Å². The molecule has 0 aliphatic rings. The third-order valence-corrected chi connectivity index (χ3v) is 3.51. The number of aromatic nitrogens is 3. The number of halogens is 3. The highest BCUT2D eigenvalue weighted by molar-refractivity contribution is 9.10. The van der Waals surface area contributed by atoms with Gasteiger partial charge in [-0.2, -0.15) is 0 Å². The molecule has 0 radical (unpaired) electrons. The van der Waals surface area contributed by atoms with Crippen LogP contribution in [0.25, 0.3) is 5.69 Å². The fraction of sp³-hybridized carbons (Fsp3) is 0.273. The lowest BCUT2D eigenvalue weighted by Gasteiger charge is -2.12. The summed E-state index contributed by atoms with van der Waals surface area (Å²) >= 11 is 15.8. The van der Waals surface area contributed by atoms with E-state index in [1.165, 1.54) is 0 Å². The van der Waals surface area contributed by atoms with Crippen LogP contribution in [0, 0.1) is 0 Å². The molecule has 2 rings (SSSR count). The van der Waals surface area contributed by atoms with Crippen LogP contribution >= 0.6 is 39.1 Å². The minimum absolute atomic E-state index is 0.163. The predicted octanol–water partition coefficient (Wildman–Crippen LogP) is 4.04. The molecule has 0 aliphatic carbocycles. The summed E-state index contributed by atoms with van der Waals surface area (Å²) in [7, 11) is 0. The van der Waals surface area contributed by atoms with E-state index < -0.39 is 0 Å². The molecule has 0 spiro atoms. The van der Waals surface area contributed by atoms with Crippen molar-refractivity contribution in [2.75, 3.05) is 5.73 Å². The third-order valence-electron chi connectivity index (χ3n) is 2.47. The Morgan fingerprint density at radius 2 is 1.83 bits per heavy atom. The largest absolute Gasteiger partial charge is 0.381 e. The smallest absolute Gasteiger partial charge is 0.169 e. The van der Waals surface area contributed by atoms with Crippen molar-refractivity contribution in [2.45, 2.75) is 19.8 Å². The maximum atomic E-state index is 6.21. The average Bonchev–Trinajstić information content (AvgIpc) is 2.58. The molecule has 1 heterocycles. The molecule has 0 bridgehead atoms. The molecular weight excluding hydrogens is 339 g/mol. The molecule has 1 aromatic carbocycles. The first-order valence-corrected chi connectivity index (χ1v) is 6.82. The van der Waals surface area contributed by atoms with E-state index in [1.807, 2.05) is 13.8 Å². The quantitative estimate of drug-likeness (QED) is 0.889. The Labute approximate surface area is 123 Å². The molecule has 0 saturated carbocycles. The van der Waals surface area contributed by atoms with Gasteiger partial charge in [0.05, 0.1) is 15.7 Å². The molecule has 0 fully saturated rings. The van der Waals surface area contributed by atoms with Crippen molar-refractivity contribution in [3.8, 4) is 5.69 Å². The Hall–Kier alpha value is -0.780. The molecule has 96 valence electrons. The minimum Gasteiger partial charge on any atom is -0.381 e. The average molecular weight is 350 g/mol. The summed E-state index contributed by atoms with van der Waals surface area (Å²) in [5.74, 6) is 0.552. The van der Waals surface area contributed by atoms with E-state index >= 15 is 0 Å². The maximum Gasteiger partial charge on any atom is 0.169 e. The molecule has 7 heteroatoms. The summed E-state index contributed by atoms with van der Waals surface area (Å²) in [4.78, 5) is 0. The number of nitrogens with zero attached hydrogens (tertiary/aromatic N) is 3. The molecule has 4 nitrogen and oxygen atoms in total. The van der Waals surface area contributed by atoms with E-state index in [4.69, 9.17) is 28.9 Å². The first-order valence-electron chi connectivity index (χ1n) is 5.27. The Morgan fingerprint density at radius 3 is 2.33 bits per heavy atom. The van der Waals surface area contributed by atoms with Crippen LogP contribution in [0.5, 0.6) is 0 Å². The highest BCUT2D eigenvalue weighted by Crippen LogP contribution is 2.34. The Balaban J connectivity index is 2.70. The van der Waals surface area contributed by atoms with Crippen LogP contribution in [0.3, 0.4) is 0 Å². The van der Waals surface area contributed by atoms with Crippen LogP contribution in [-0.4, -0.2) is 15.0 Å². The molecule has 0 unspecified atom stereocenters. The first kappa shape index (κ1) is 13.6. The summed E-state index contributed by atoms with van der Waals surface area (Å²) < 4.78 is 2.40. The van der Waals surface area contributed by atoms with Crippen molar-refractivity contribution < 1.29 is 0 Å². The summed E-state index contributed by atoms with van der Waals surface area (Å²) in [6.07, 6.45) is 0. The van der Waals surface area contributed by atoms with E-state index in [1.54, 1.807) is 16.8 Å². The Kier molecular flexibility index (Phi) is 3.84. The summed E-state index contributed by atoms with van der Waals surface area (Å²) in [6.45, 7) is 4.01.